The molecule has 1 aliphatic heterocycles. The Morgan fingerprint density at radius 3 is 2.67 bits per heavy atom. The van der Waals surface area contributed by atoms with Crippen LogP contribution in [0.2, 0.25) is 0 Å². The number of hydrogen-bond acceptors (Lipinski definition) is 3. The van der Waals surface area contributed by atoms with Gasteiger partial charge in [0.2, 0.25) is 0 Å². The van der Waals surface area contributed by atoms with Crippen molar-refractivity contribution in [3.8, 4) is 0 Å². The standard InChI is InChI=1S/C15H23N3O.2ClH/c1-3-18-10-6-7-12(18)11-17(2)15(19)13-8-4-5-9-14(13)16;;/h4-5,8-9,12H,3,6-7,10-11,16H2,1-2H3;2*1H. The van der Waals surface area contributed by atoms with Crippen molar-refractivity contribution >= 4 is 36.4 Å². The number of hydrogen-bond donors (Lipinski definition) is 1. The lowest BCUT2D eigenvalue weighted by Crippen LogP contribution is -2.41. The molecule has 0 bridgehead atoms. The van der Waals surface area contributed by atoms with Crippen LogP contribution in [0.1, 0.15) is 30.1 Å². The van der Waals surface area contributed by atoms with Gasteiger partial charge in [-0.3, -0.25) is 9.69 Å². The normalized spacial score (nSPS) is 17.7. The Morgan fingerprint density at radius 1 is 1.38 bits per heavy atom. The third-order valence-corrected chi connectivity index (χ3v) is 3.93. The summed E-state index contributed by atoms with van der Waals surface area (Å²) in [4.78, 5) is 16.6. The number of likely N-dealkylation sites (N-methyl/N-ethyl adjacent to an activating group) is 2. The lowest BCUT2D eigenvalue weighted by molar-refractivity contribution is 0.0755. The number of nitrogen functional groups attached to an aromatic ring is 1. The van der Waals surface area contributed by atoms with E-state index in [4.69, 9.17) is 5.73 Å². The molecule has 120 valence electrons. The van der Waals surface area contributed by atoms with E-state index in [2.05, 4.69) is 11.8 Å². The summed E-state index contributed by atoms with van der Waals surface area (Å²) in [6, 6.07) is 7.76. The van der Waals surface area contributed by atoms with Crippen molar-refractivity contribution in [3.05, 3.63) is 29.8 Å². The van der Waals surface area contributed by atoms with E-state index in [0.29, 0.717) is 17.3 Å². The third-order valence-electron chi connectivity index (χ3n) is 3.93. The van der Waals surface area contributed by atoms with Gasteiger partial charge in [0.15, 0.2) is 0 Å². The minimum atomic E-state index is 0. The highest BCUT2D eigenvalue weighted by Crippen LogP contribution is 2.19. The first-order valence-corrected chi connectivity index (χ1v) is 6.97. The number of nitrogens with two attached hydrogens (primary N) is 1. The molecule has 21 heavy (non-hydrogen) atoms. The number of likely N-dealkylation sites (tertiary alicyclic amines) is 1. The lowest BCUT2D eigenvalue weighted by atomic mass is 10.1. The number of amides is 1. The van der Waals surface area contributed by atoms with E-state index < -0.39 is 0 Å². The number of carbonyl (C=O) groups excluding carboxylic acids is 1. The summed E-state index contributed by atoms with van der Waals surface area (Å²) in [5.74, 6) is 0.0149. The Balaban J connectivity index is 0.00000200. The van der Waals surface area contributed by atoms with Crippen molar-refractivity contribution in [1.29, 1.82) is 0 Å². The molecular formula is C15H25Cl2N3O. The van der Waals surface area contributed by atoms with Crippen molar-refractivity contribution in [2.75, 3.05) is 32.4 Å². The van der Waals surface area contributed by atoms with Crippen LogP contribution in [0.4, 0.5) is 5.69 Å². The minimum absolute atomic E-state index is 0. The fraction of sp³-hybridized carbons (Fsp3) is 0.533. The minimum Gasteiger partial charge on any atom is -0.398 e. The molecule has 0 spiro atoms. The van der Waals surface area contributed by atoms with Crippen molar-refractivity contribution < 1.29 is 4.79 Å². The molecule has 2 rings (SSSR count). The molecule has 1 atom stereocenters. The van der Waals surface area contributed by atoms with E-state index in [1.807, 2.05) is 19.2 Å². The molecule has 1 saturated heterocycles. The number of benzene rings is 1. The van der Waals surface area contributed by atoms with Crippen molar-refractivity contribution in [2.45, 2.75) is 25.8 Å². The van der Waals surface area contributed by atoms with Crippen LogP contribution in [0.5, 0.6) is 0 Å². The van der Waals surface area contributed by atoms with E-state index >= 15 is 0 Å². The van der Waals surface area contributed by atoms with Crippen molar-refractivity contribution in [3.63, 3.8) is 0 Å². The van der Waals surface area contributed by atoms with Crippen LogP contribution in [0.3, 0.4) is 0 Å². The van der Waals surface area contributed by atoms with Crippen LogP contribution in [0.25, 0.3) is 0 Å². The van der Waals surface area contributed by atoms with Crippen LogP contribution in [0, 0.1) is 0 Å². The average molecular weight is 334 g/mol. The molecule has 1 aromatic carbocycles. The molecule has 0 radical (unpaired) electrons. The zero-order valence-electron chi connectivity index (χ0n) is 12.6. The van der Waals surface area contributed by atoms with Gasteiger partial charge in [-0.1, -0.05) is 19.1 Å². The van der Waals surface area contributed by atoms with Crippen LogP contribution in [-0.2, 0) is 0 Å². The molecule has 1 fully saturated rings. The van der Waals surface area contributed by atoms with Gasteiger partial charge in [0, 0.05) is 25.3 Å². The van der Waals surface area contributed by atoms with Gasteiger partial charge in [-0.15, -0.1) is 24.8 Å². The molecule has 0 aromatic heterocycles. The maximum Gasteiger partial charge on any atom is 0.255 e. The first kappa shape index (κ1) is 20.0. The molecule has 1 heterocycles. The Morgan fingerprint density at radius 2 is 2.05 bits per heavy atom. The average Bonchev–Trinajstić information content (AvgIpc) is 2.85. The maximum atomic E-state index is 12.4. The molecule has 6 heteroatoms. The second-order valence-corrected chi connectivity index (χ2v) is 5.20. The zero-order valence-corrected chi connectivity index (χ0v) is 14.3. The summed E-state index contributed by atoms with van der Waals surface area (Å²) in [5.41, 5.74) is 7.02. The number of carbonyl (C=O) groups is 1. The molecule has 2 N–H and O–H groups in total. The summed E-state index contributed by atoms with van der Waals surface area (Å²) in [5, 5.41) is 0. The van der Waals surface area contributed by atoms with E-state index in [9.17, 15) is 4.79 Å². The maximum absolute atomic E-state index is 12.4. The molecule has 0 saturated carbocycles. The highest BCUT2D eigenvalue weighted by atomic mass is 35.5. The summed E-state index contributed by atoms with van der Waals surface area (Å²) < 4.78 is 0. The predicted molar refractivity (Wildman–Crippen MR) is 92.6 cm³/mol. The second-order valence-electron chi connectivity index (χ2n) is 5.20. The van der Waals surface area contributed by atoms with Crippen LogP contribution < -0.4 is 5.73 Å². The second kappa shape index (κ2) is 9.13. The largest absolute Gasteiger partial charge is 0.398 e. The smallest absolute Gasteiger partial charge is 0.255 e. The summed E-state index contributed by atoms with van der Waals surface area (Å²) in [6.45, 7) is 5.16. The summed E-state index contributed by atoms with van der Waals surface area (Å²) in [6.07, 6.45) is 2.41. The third kappa shape index (κ3) is 4.77. The molecule has 1 aromatic rings. The predicted octanol–water partition coefficient (Wildman–Crippen LogP) is 2.67. The number of anilines is 1. The number of rotatable bonds is 4. The number of para-hydroxylation sites is 1. The summed E-state index contributed by atoms with van der Waals surface area (Å²) >= 11 is 0. The Bertz CT molecular complexity index is 456. The highest BCUT2D eigenvalue weighted by Gasteiger charge is 2.26. The van der Waals surface area contributed by atoms with Crippen molar-refractivity contribution in [2.24, 2.45) is 0 Å². The van der Waals surface area contributed by atoms with Crippen LogP contribution in [0.15, 0.2) is 24.3 Å². The fourth-order valence-electron chi connectivity index (χ4n) is 2.81. The summed E-state index contributed by atoms with van der Waals surface area (Å²) in [7, 11) is 1.86. The number of nitrogens with zero attached hydrogens (tertiary/aromatic N) is 2. The lowest BCUT2D eigenvalue weighted by Gasteiger charge is -2.28. The molecular weight excluding hydrogens is 309 g/mol. The van der Waals surface area contributed by atoms with Crippen LogP contribution >= 0.6 is 24.8 Å². The highest BCUT2D eigenvalue weighted by molar-refractivity contribution is 5.98. The first-order valence-electron chi connectivity index (χ1n) is 6.97. The monoisotopic (exact) mass is 333 g/mol. The van der Waals surface area contributed by atoms with Gasteiger partial charge in [-0.25, -0.2) is 0 Å². The fourth-order valence-corrected chi connectivity index (χ4v) is 2.81. The van der Waals surface area contributed by atoms with Gasteiger partial charge in [-0.2, -0.15) is 0 Å². The van der Waals surface area contributed by atoms with Gasteiger partial charge in [-0.05, 0) is 38.1 Å². The van der Waals surface area contributed by atoms with Gasteiger partial charge in [0.05, 0.1) is 5.56 Å². The molecule has 1 aliphatic rings. The SMILES string of the molecule is CCN1CCCC1CN(C)C(=O)c1ccccc1N.Cl.Cl. The van der Waals surface area contributed by atoms with Crippen LogP contribution in [-0.4, -0.2) is 48.4 Å². The number of halogens is 2. The topological polar surface area (TPSA) is 49.6 Å². The Labute approximate surface area is 139 Å². The zero-order chi connectivity index (χ0) is 13.8. The van der Waals surface area contributed by atoms with Gasteiger partial charge < -0.3 is 10.6 Å². The Hall–Kier alpha value is -0.970. The van der Waals surface area contributed by atoms with E-state index in [1.165, 1.54) is 12.8 Å². The molecule has 1 amide bonds. The van der Waals surface area contributed by atoms with Gasteiger partial charge in [0.1, 0.15) is 0 Å². The first-order chi connectivity index (χ1) is 9.13. The van der Waals surface area contributed by atoms with Gasteiger partial charge >= 0.3 is 0 Å². The molecule has 4 nitrogen and oxygen atoms in total. The quantitative estimate of drug-likeness (QED) is 0.862. The van der Waals surface area contributed by atoms with Crippen molar-refractivity contribution in [1.82, 2.24) is 9.80 Å². The van der Waals surface area contributed by atoms with E-state index in [1.54, 1.807) is 17.0 Å². The van der Waals surface area contributed by atoms with E-state index in [0.717, 1.165) is 19.6 Å². The molecule has 0 aliphatic carbocycles. The van der Waals surface area contributed by atoms with E-state index in [-0.39, 0.29) is 30.7 Å². The molecule has 1 unspecified atom stereocenters. The Kier molecular flexibility index (Phi) is 8.71. The van der Waals surface area contributed by atoms with Gasteiger partial charge in [0.25, 0.3) is 5.91 Å².